The highest BCUT2D eigenvalue weighted by molar-refractivity contribution is 5.96. The van der Waals surface area contributed by atoms with Gasteiger partial charge in [-0.05, 0) is 18.6 Å². The van der Waals surface area contributed by atoms with Crippen LogP contribution in [0.1, 0.15) is 34.2 Å². The number of carbonyl (C=O) groups excluding carboxylic acids is 2. The zero-order chi connectivity index (χ0) is 14.3. The predicted octanol–water partition coefficient (Wildman–Crippen LogP) is 0.0358. The molecular weight excluding hydrogens is 250 g/mol. The molecule has 1 rings (SSSR count). The van der Waals surface area contributed by atoms with Crippen molar-refractivity contribution in [1.82, 2.24) is 15.6 Å². The van der Waals surface area contributed by atoms with Crippen LogP contribution in [0.15, 0.2) is 18.3 Å². The first-order chi connectivity index (χ1) is 9.00. The lowest BCUT2D eigenvalue weighted by atomic mass is 10.2. The zero-order valence-electron chi connectivity index (χ0n) is 10.5. The Labute approximate surface area is 110 Å². The maximum absolute atomic E-state index is 11.7. The summed E-state index contributed by atoms with van der Waals surface area (Å²) in [5.74, 6) is -1.67. The molecule has 0 aliphatic carbocycles. The largest absolute Gasteiger partial charge is 0.477 e. The van der Waals surface area contributed by atoms with E-state index in [2.05, 4.69) is 15.6 Å². The lowest BCUT2D eigenvalue weighted by Crippen LogP contribution is -2.28. The van der Waals surface area contributed by atoms with E-state index in [0.29, 0.717) is 19.5 Å². The lowest BCUT2D eigenvalue weighted by Gasteiger charge is -2.06. The number of hydrogen-bond acceptors (Lipinski definition) is 4. The molecule has 0 aliphatic heterocycles. The van der Waals surface area contributed by atoms with Crippen molar-refractivity contribution >= 4 is 17.8 Å². The van der Waals surface area contributed by atoms with Gasteiger partial charge in [0, 0.05) is 31.8 Å². The third kappa shape index (κ3) is 5.15. The molecule has 0 radical (unpaired) electrons. The average molecular weight is 265 g/mol. The van der Waals surface area contributed by atoms with Crippen LogP contribution in [0.5, 0.6) is 0 Å². The third-order valence-corrected chi connectivity index (χ3v) is 2.25. The number of carbonyl (C=O) groups is 3. The quantitative estimate of drug-likeness (QED) is 0.629. The summed E-state index contributed by atoms with van der Waals surface area (Å²) in [7, 11) is 0. The van der Waals surface area contributed by atoms with Crippen molar-refractivity contribution in [3.63, 3.8) is 0 Å². The number of carboxylic acids is 1. The molecule has 0 fully saturated rings. The third-order valence-electron chi connectivity index (χ3n) is 2.25. The summed E-state index contributed by atoms with van der Waals surface area (Å²) in [6, 6.07) is 2.65. The second kappa shape index (κ2) is 7.10. The molecule has 1 aromatic heterocycles. The molecule has 0 saturated carbocycles. The van der Waals surface area contributed by atoms with Gasteiger partial charge in [0.25, 0.3) is 5.91 Å². The fraction of sp³-hybridized carbons (Fsp3) is 0.333. The number of aromatic nitrogens is 1. The highest BCUT2D eigenvalue weighted by atomic mass is 16.4. The number of nitrogens with zero attached hydrogens (tertiary/aromatic N) is 1. The summed E-state index contributed by atoms with van der Waals surface area (Å²) < 4.78 is 0. The standard InChI is InChI=1S/C12H15N3O4/c1-8(16)13-4-2-5-15-11(17)9-3-6-14-10(7-9)12(18)19/h3,6-7H,2,4-5H2,1H3,(H,13,16)(H,15,17)(H,18,19). The van der Waals surface area contributed by atoms with Gasteiger partial charge in [-0.2, -0.15) is 0 Å². The van der Waals surface area contributed by atoms with Gasteiger partial charge in [-0.15, -0.1) is 0 Å². The first-order valence-electron chi connectivity index (χ1n) is 5.72. The number of amides is 2. The van der Waals surface area contributed by atoms with Crippen LogP contribution in [0.2, 0.25) is 0 Å². The Kier molecular flexibility index (Phi) is 5.46. The molecule has 0 saturated heterocycles. The normalized spacial score (nSPS) is 9.74. The monoisotopic (exact) mass is 265 g/mol. The number of aromatic carboxylic acids is 1. The highest BCUT2D eigenvalue weighted by Crippen LogP contribution is 2.01. The van der Waals surface area contributed by atoms with Gasteiger partial charge < -0.3 is 15.7 Å². The molecule has 1 heterocycles. The Morgan fingerprint density at radius 2 is 1.95 bits per heavy atom. The van der Waals surface area contributed by atoms with Crippen LogP contribution in [0, 0.1) is 0 Å². The molecule has 1 aromatic rings. The van der Waals surface area contributed by atoms with Gasteiger partial charge in [0.2, 0.25) is 5.91 Å². The molecule has 7 nitrogen and oxygen atoms in total. The molecule has 2 amide bonds. The van der Waals surface area contributed by atoms with Gasteiger partial charge in [-0.25, -0.2) is 9.78 Å². The average Bonchev–Trinajstić information content (AvgIpc) is 2.37. The van der Waals surface area contributed by atoms with E-state index in [4.69, 9.17) is 5.11 Å². The summed E-state index contributed by atoms with van der Waals surface area (Å²) in [6.45, 7) is 2.29. The van der Waals surface area contributed by atoms with Crippen molar-refractivity contribution < 1.29 is 19.5 Å². The van der Waals surface area contributed by atoms with Gasteiger partial charge >= 0.3 is 5.97 Å². The second-order valence-electron chi connectivity index (χ2n) is 3.83. The summed E-state index contributed by atoms with van der Waals surface area (Å²) in [6.07, 6.45) is 1.87. The summed E-state index contributed by atoms with van der Waals surface area (Å²) in [5.41, 5.74) is 0.0674. The van der Waals surface area contributed by atoms with Crippen LogP contribution in [-0.2, 0) is 4.79 Å². The van der Waals surface area contributed by atoms with Crippen molar-refractivity contribution in [1.29, 1.82) is 0 Å². The molecule has 0 atom stereocenters. The molecule has 3 N–H and O–H groups in total. The Bertz CT molecular complexity index is 488. The smallest absolute Gasteiger partial charge is 0.354 e. The number of pyridine rings is 1. The first kappa shape index (κ1) is 14.6. The maximum atomic E-state index is 11.7. The van der Waals surface area contributed by atoms with E-state index < -0.39 is 5.97 Å². The van der Waals surface area contributed by atoms with Gasteiger partial charge in [0.15, 0.2) is 0 Å². The maximum Gasteiger partial charge on any atom is 0.354 e. The van der Waals surface area contributed by atoms with Crippen LogP contribution in [0.25, 0.3) is 0 Å². The van der Waals surface area contributed by atoms with E-state index in [0.717, 1.165) is 0 Å². The van der Waals surface area contributed by atoms with E-state index in [9.17, 15) is 14.4 Å². The highest BCUT2D eigenvalue weighted by Gasteiger charge is 2.09. The molecule has 0 aromatic carbocycles. The Balaban J connectivity index is 2.43. The zero-order valence-corrected chi connectivity index (χ0v) is 10.5. The second-order valence-corrected chi connectivity index (χ2v) is 3.83. The van der Waals surface area contributed by atoms with Crippen molar-refractivity contribution in [2.45, 2.75) is 13.3 Å². The minimum atomic E-state index is -1.18. The number of rotatable bonds is 6. The SMILES string of the molecule is CC(=O)NCCCNC(=O)c1ccnc(C(=O)O)c1. The number of carboxylic acid groups (broad SMARTS) is 1. The molecule has 19 heavy (non-hydrogen) atoms. The molecule has 0 bridgehead atoms. The summed E-state index contributed by atoms with van der Waals surface area (Å²) >= 11 is 0. The minimum Gasteiger partial charge on any atom is -0.477 e. The molecule has 0 aliphatic rings. The van der Waals surface area contributed by atoms with Crippen molar-refractivity contribution in [2.75, 3.05) is 13.1 Å². The van der Waals surface area contributed by atoms with Crippen LogP contribution in [0.4, 0.5) is 0 Å². The summed E-state index contributed by atoms with van der Waals surface area (Å²) in [5, 5.41) is 14.0. The van der Waals surface area contributed by atoms with Gasteiger partial charge in [-0.3, -0.25) is 9.59 Å². The van der Waals surface area contributed by atoms with E-state index in [1.54, 1.807) is 0 Å². The van der Waals surface area contributed by atoms with Gasteiger partial charge in [0.1, 0.15) is 5.69 Å². The minimum absolute atomic E-state index is 0.119. The number of hydrogen-bond donors (Lipinski definition) is 3. The molecule has 102 valence electrons. The molecule has 7 heteroatoms. The van der Waals surface area contributed by atoms with Crippen LogP contribution < -0.4 is 10.6 Å². The fourth-order valence-electron chi connectivity index (χ4n) is 1.35. The lowest BCUT2D eigenvalue weighted by molar-refractivity contribution is -0.118. The molecule has 0 spiro atoms. The molecule has 0 unspecified atom stereocenters. The Morgan fingerprint density at radius 1 is 1.26 bits per heavy atom. The van der Waals surface area contributed by atoms with Gasteiger partial charge in [-0.1, -0.05) is 0 Å². The van der Waals surface area contributed by atoms with Crippen LogP contribution in [0.3, 0.4) is 0 Å². The van der Waals surface area contributed by atoms with Crippen LogP contribution in [-0.4, -0.2) is 41.0 Å². The first-order valence-corrected chi connectivity index (χ1v) is 5.72. The van der Waals surface area contributed by atoms with E-state index in [-0.39, 0.29) is 23.1 Å². The van der Waals surface area contributed by atoms with E-state index in [1.807, 2.05) is 0 Å². The number of nitrogens with one attached hydrogen (secondary N) is 2. The fourth-order valence-corrected chi connectivity index (χ4v) is 1.35. The van der Waals surface area contributed by atoms with Crippen molar-refractivity contribution in [2.24, 2.45) is 0 Å². The molecular formula is C12H15N3O4. The van der Waals surface area contributed by atoms with Crippen molar-refractivity contribution in [3.05, 3.63) is 29.6 Å². The Hall–Kier alpha value is -2.44. The van der Waals surface area contributed by atoms with E-state index in [1.165, 1.54) is 25.3 Å². The van der Waals surface area contributed by atoms with Crippen molar-refractivity contribution in [3.8, 4) is 0 Å². The predicted molar refractivity (Wildman–Crippen MR) is 66.8 cm³/mol. The Morgan fingerprint density at radius 3 is 2.58 bits per heavy atom. The van der Waals surface area contributed by atoms with Crippen LogP contribution >= 0.6 is 0 Å². The summed E-state index contributed by atoms with van der Waals surface area (Å²) in [4.78, 5) is 36.6. The van der Waals surface area contributed by atoms with Gasteiger partial charge in [0.05, 0.1) is 0 Å². The topological polar surface area (TPSA) is 108 Å². The van der Waals surface area contributed by atoms with E-state index >= 15 is 0 Å².